The second kappa shape index (κ2) is 7.11. The van der Waals surface area contributed by atoms with Crippen LogP contribution in [-0.2, 0) is 5.41 Å². The van der Waals surface area contributed by atoms with Crippen LogP contribution in [0.1, 0.15) is 44.4 Å². The molecule has 0 N–H and O–H groups in total. The minimum Gasteiger partial charge on any atom is -0.372 e. The van der Waals surface area contributed by atoms with Crippen molar-refractivity contribution in [1.29, 1.82) is 0 Å². The van der Waals surface area contributed by atoms with Crippen molar-refractivity contribution in [2.24, 2.45) is 0 Å². The highest BCUT2D eigenvalue weighted by Gasteiger charge is 2.42. The van der Waals surface area contributed by atoms with Crippen LogP contribution < -0.4 is 4.90 Å². The SMILES string of the molecule is CCN(CC)c1ccc(C=CC2=[N+](C)c3ccc(C)cc3C2(C)C)cc1. The van der Waals surface area contributed by atoms with Crippen LogP contribution in [0.4, 0.5) is 11.4 Å². The molecule has 0 spiro atoms. The Hall–Kier alpha value is -2.35. The van der Waals surface area contributed by atoms with Gasteiger partial charge in [0.15, 0.2) is 5.71 Å². The zero-order valence-electron chi connectivity index (χ0n) is 17.0. The zero-order valence-corrected chi connectivity index (χ0v) is 17.0. The molecule has 1 aliphatic rings. The van der Waals surface area contributed by atoms with E-state index in [-0.39, 0.29) is 5.41 Å². The van der Waals surface area contributed by atoms with Gasteiger partial charge < -0.3 is 4.90 Å². The van der Waals surface area contributed by atoms with E-state index in [0.29, 0.717) is 0 Å². The average Bonchev–Trinajstić information content (AvgIpc) is 2.81. The maximum absolute atomic E-state index is 2.37. The van der Waals surface area contributed by atoms with Crippen molar-refractivity contribution in [3.8, 4) is 0 Å². The second-order valence-electron chi connectivity index (χ2n) is 7.69. The fraction of sp³-hybridized carbons (Fsp3) is 0.375. The standard InChI is InChI=1S/C24H31N2/c1-7-26(8-2)20-13-10-19(11-14-20)12-16-23-24(4,5)21-17-18(3)9-15-22(21)25(23)6/h9-17H,7-8H2,1-6H3/q+1. The summed E-state index contributed by atoms with van der Waals surface area (Å²) < 4.78 is 2.33. The number of anilines is 1. The van der Waals surface area contributed by atoms with E-state index in [2.05, 4.69) is 106 Å². The summed E-state index contributed by atoms with van der Waals surface area (Å²) in [5.41, 5.74) is 7.95. The number of allylic oxidation sites excluding steroid dienone is 1. The molecule has 0 aliphatic carbocycles. The van der Waals surface area contributed by atoms with Gasteiger partial charge in [-0.25, -0.2) is 0 Å². The van der Waals surface area contributed by atoms with Crippen LogP contribution >= 0.6 is 0 Å². The Morgan fingerprint density at radius 2 is 1.62 bits per heavy atom. The third kappa shape index (κ3) is 3.21. The summed E-state index contributed by atoms with van der Waals surface area (Å²) in [6.07, 6.45) is 4.51. The fourth-order valence-electron chi connectivity index (χ4n) is 4.01. The van der Waals surface area contributed by atoms with Gasteiger partial charge in [0, 0.05) is 36.5 Å². The summed E-state index contributed by atoms with van der Waals surface area (Å²) in [6.45, 7) is 13.3. The molecule has 3 rings (SSSR count). The first kappa shape index (κ1) is 18.4. The molecule has 26 heavy (non-hydrogen) atoms. The molecule has 2 heteroatoms. The molecule has 1 aliphatic heterocycles. The van der Waals surface area contributed by atoms with Gasteiger partial charge in [0.05, 0.1) is 5.41 Å². The number of fused-ring (bicyclic) bond motifs is 1. The minimum absolute atomic E-state index is 0.0216. The van der Waals surface area contributed by atoms with E-state index in [1.54, 1.807) is 0 Å². The molecule has 0 saturated carbocycles. The lowest BCUT2D eigenvalue weighted by atomic mass is 9.81. The number of hydrogen-bond donors (Lipinski definition) is 0. The third-order valence-electron chi connectivity index (χ3n) is 5.64. The van der Waals surface area contributed by atoms with Crippen molar-refractivity contribution in [3.63, 3.8) is 0 Å². The summed E-state index contributed by atoms with van der Waals surface area (Å²) in [5.74, 6) is 0. The molecule has 2 nitrogen and oxygen atoms in total. The Morgan fingerprint density at radius 1 is 0.962 bits per heavy atom. The predicted octanol–water partition coefficient (Wildman–Crippen LogP) is 5.56. The highest BCUT2D eigenvalue weighted by Crippen LogP contribution is 2.39. The first-order valence-corrected chi connectivity index (χ1v) is 9.63. The van der Waals surface area contributed by atoms with E-state index in [9.17, 15) is 0 Å². The predicted molar refractivity (Wildman–Crippen MR) is 114 cm³/mol. The smallest absolute Gasteiger partial charge is 0.209 e. The van der Waals surface area contributed by atoms with E-state index in [4.69, 9.17) is 0 Å². The van der Waals surface area contributed by atoms with Gasteiger partial charge in [-0.05, 0) is 64.5 Å². The van der Waals surface area contributed by atoms with Crippen molar-refractivity contribution in [1.82, 2.24) is 0 Å². The Balaban J connectivity index is 1.88. The highest BCUT2D eigenvalue weighted by atomic mass is 15.1. The quantitative estimate of drug-likeness (QED) is 0.642. The Morgan fingerprint density at radius 3 is 2.23 bits per heavy atom. The second-order valence-corrected chi connectivity index (χ2v) is 7.69. The Kier molecular flexibility index (Phi) is 5.04. The molecule has 0 saturated heterocycles. The van der Waals surface area contributed by atoms with Gasteiger partial charge in [-0.1, -0.05) is 23.8 Å². The van der Waals surface area contributed by atoms with Crippen LogP contribution in [-0.4, -0.2) is 30.4 Å². The number of hydrogen-bond acceptors (Lipinski definition) is 1. The number of benzene rings is 2. The van der Waals surface area contributed by atoms with Crippen LogP contribution in [0.3, 0.4) is 0 Å². The van der Waals surface area contributed by atoms with Gasteiger partial charge in [-0.2, -0.15) is 4.58 Å². The summed E-state index contributed by atoms with van der Waals surface area (Å²) >= 11 is 0. The molecule has 0 aromatic heterocycles. The van der Waals surface area contributed by atoms with Crippen LogP contribution in [0.2, 0.25) is 0 Å². The molecule has 0 radical (unpaired) electrons. The molecule has 0 fully saturated rings. The molecule has 0 bridgehead atoms. The topological polar surface area (TPSA) is 6.25 Å². The van der Waals surface area contributed by atoms with Crippen molar-refractivity contribution in [2.45, 2.75) is 40.0 Å². The molecule has 0 unspecified atom stereocenters. The molecule has 2 aromatic carbocycles. The Bertz CT molecular complexity index is 850. The van der Waals surface area contributed by atoms with Gasteiger partial charge in [0.1, 0.15) is 7.05 Å². The monoisotopic (exact) mass is 347 g/mol. The van der Waals surface area contributed by atoms with Crippen LogP contribution in [0, 0.1) is 6.92 Å². The van der Waals surface area contributed by atoms with Crippen molar-refractivity contribution < 1.29 is 4.58 Å². The first-order valence-electron chi connectivity index (χ1n) is 9.63. The zero-order chi connectivity index (χ0) is 18.9. The lowest BCUT2D eigenvalue weighted by Gasteiger charge is -2.20. The van der Waals surface area contributed by atoms with Crippen LogP contribution in [0.15, 0.2) is 48.5 Å². The van der Waals surface area contributed by atoms with E-state index < -0.39 is 0 Å². The summed E-state index contributed by atoms with van der Waals surface area (Å²) in [7, 11) is 2.17. The molecular formula is C24H31N2+. The van der Waals surface area contributed by atoms with E-state index in [1.807, 2.05) is 0 Å². The van der Waals surface area contributed by atoms with Gasteiger partial charge in [-0.3, -0.25) is 0 Å². The fourth-order valence-corrected chi connectivity index (χ4v) is 4.01. The highest BCUT2D eigenvalue weighted by molar-refractivity contribution is 6.05. The molecule has 136 valence electrons. The van der Waals surface area contributed by atoms with Crippen LogP contribution in [0.5, 0.6) is 0 Å². The number of rotatable bonds is 5. The normalized spacial score (nSPS) is 15.6. The summed E-state index contributed by atoms with van der Waals surface area (Å²) in [5, 5.41) is 0. The van der Waals surface area contributed by atoms with Crippen molar-refractivity contribution in [3.05, 3.63) is 65.2 Å². The van der Waals surface area contributed by atoms with Gasteiger partial charge in [0.25, 0.3) is 0 Å². The van der Waals surface area contributed by atoms with E-state index in [1.165, 1.54) is 33.8 Å². The molecule has 1 heterocycles. The van der Waals surface area contributed by atoms with Gasteiger partial charge >= 0.3 is 0 Å². The maximum atomic E-state index is 2.37. The largest absolute Gasteiger partial charge is 0.372 e. The summed E-state index contributed by atoms with van der Waals surface area (Å²) in [4.78, 5) is 2.37. The molecule has 0 atom stereocenters. The summed E-state index contributed by atoms with van der Waals surface area (Å²) in [6, 6.07) is 15.6. The van der Waals surface area contributed by atoms with Gasteiger partial charge in [0.2, 0.25) is 5.69 Å². The van der Waals surface area contributed by atoms with Crippen molar-refractivity contribution in [2.75, 3.05) is 25.0 Å². The lowest BCUT2D eigenvalue weighted by Crippen LogP contribution is -2.26. The number of aryl methyl sites for hydroxylation is 1. The first-order chi connectivity index (χ1) is 12.4. The maximum Gasteiger partial charge on any atom is 0.209 e. The minimum atomic E-state index is 0.0216. The van der Waals surface area contributed by atoms with E-state index in [0.717, 1.165) is 13.1 Å². The van der Waals surface area contributed by atoms with Crippen molar-refractivity contribution >= 4 is 23.2 Å². The van der Waals surface area contributed by atoms with Gasteiger partial charge in [-0.15, -0.1) is 0 Å². The van der Waals surface area contributed by atoms with E-state index >= 15 is 0 Å². The third-order valence-corrected chi connectivity index (χ3v) is 5.64. The Labute approximate surface area is 158 Å². The number of nitrogens with zero attached hydrogens (tertiary/aromatic N) is 2. The van der Waals surface area contributed by atoms with Crippen LogP contribution in [0.25, 0.3) is 6.08 Å². The molecule has 0 amide bonds. The average molecular weight is 348 g/mol. The molecular weight excluding hydrogens is 316 g/mol. The molecule has 2 aromatic rings. The lowest BCUT2D eigenvalue weighted by molar-refractivity contribution is -0.401.